The van der Waals surface area contributed by atoms with E-state index in [-0.39, 0.29) is 0 Å². The van der Waals surface area contributed by atoms with E-state index in [0.29, 0.717) is 5.54 Å². The summed E-state index contributed by atoms with van der Waals surface area (Å²) in [5.74, 6) is 0. The van der Waals surface area contributed by atoms with E-state index in [1.807, 2.05) is 0 Å². The number of rotatable bonds is 3. The van der Waals surface area contributed by atoms with Crippen molar-refractivity contribution in [2.24, 2.45) is 0 Å². The molecule has 126 valence electrons. The number of fused-ring (bicyclic) bond motifs is 1. The Labute approximate surface area is 143 Å². The highest BCUT2D eigenvalue weighted by molar-refractivity contribution is 6.77. The van der Waals surface area contributed by atoms with Crippen molar-refractivity contribution in [1.29, 1.82) is 0 Å². The molecular formula is C21H33NSi. The van der Waals surface area contributed by atoms with Gasteiger partial charge >= 0.3 is 0 Å². The molecule has 2 aliphatic carbocycles. The summed E-state index contributed by atoms with van der Waals surface area (Å²) in [4.78, 5) is 4.17. The Morgan fingerprint density at radius 2 is 1.61 bits per heavy atom. The summed E-state index contributed by atoms with van der Waals surface area (Å²) in [5, 5.41) is 0. The quantitative estimate of drug-likeness (QED) is 0.686. The summed E-state index contributed by atoms with van der Waals surface area (Å²) in [6.07, 6.45) is 7.02. The number of hydrogen-bond donors (Lipinski definition) is 1. The third-order valence-corrected chi connectivity index (χ3v) is 9.46. The van der Waals surface area contributed by atoms with E-state index in [0.717, 1.165) is 6.04 Å². The summed E-state index contributed by atoms with van der Waals surface area (Å²) in [6, 6.07) is 5.57. The van der Waals surface area contributed by atoms with Gasteiger partial charge in [0.1, 0.15) is 8.24 Å². The van der Waals surface area contributed by atoms with Crippen molar-refractivity contribution in [1.82, 2.24) is 4.98 Å². The van der Waals surface area contributed by atoms with Crippen LogP contribution in [-0.4, -0.2) is 14.3 Å². The first-order valence-electron chi connectivity index (χ1n) is 9.38. The van der Waals surface area contributed by atoms with Crippen LogP contribution in [0.3, 0.4) is 0 Å². The van der Waals surface area contributed by atoms with Crippen molar-refractivity contribution in [2.75, 3.05) is 0 Å². The SMILES string of the molecule is CC1=C(C)C([Si](C)(C)NC2CCCCC2)c2cc(C)cc(C)c21. The lowest BCUT2D eigenvalue weighted by atomic mass is 9.96. The Morgan fingerprint density at radius 3 is 2.26 bits per heavy atom. The van der Waals surface area contributed by atoms with E-state index in [1.165, 1.54) is 48.8 Å². The maximum atomic E-state index is 4.17. The Kier molecular flexibility index (Phi) is 4.59. The van der Waals surface area contributed by atoms with Gasteiger partial charge in [0, 0.05) is 11.6 Å². The van der Waals surface area contributed by atoms with Crippen molar-refractivity contribution in [3.8, 4) is 0 Å². The largest absolute Gasteiger partial charge is 0.334 e. The molecule has 1 atom stereocenters. The van der Waals surface area contributed by atoms with Crippen LogP contribution in [0.2, 0.25) is 13.1 Å². The first-order chi connectivity index (χ1) is 10.8. The molecule has 0 amide bonds. The fraction of sp³-hybridized carbons (Fsp3) is 0.619. The zero-order valence-corrected chi connectivity index (χ0v) is 16.8. The van der Waals surface area contributed by atoms with Crippen LogP contribution in [0.15, 0.2) is 17.7 Å². The van der Waals surface area contributed by atoms with Crippen molar-refractivity contribution in [2.45, 2.75) is 84.5 Å². The molecule has 0 bridgehead atoms. The minimum Gasteiger partial charge on any atom is -0.334 e. The van der Waals surface area contributed by atoms with Gasteiger partial charge in [-0.1, -0.05) is 55.6 Å². The number of nitrogens with one attached hydrogen (secondary N) is 1. The van der Waals surface area contributed by atoms with Crippen molar-refractivity contribution < 1.29 is 0 Å². The Bertz CT molecular complexity index is 635. The van der Waals surface area contributed by atoms with Gasteiger partial charge in [-0.05, 0) is 62.8 Å². The molecule has 1 aromatic rings. The van der Waals surface area contributed by atoms with Gasteiger partial charge in [-0.2, -0.15) is 0 Å². The topological polar surface area (TPSA) is 12.0 Å². The van der Waals surface area contributed by atoms with Gasteiger partial charge in [0.15, 0.2) is 0 Å². The summed E-state index contributed by atoms with van der Waals surface area (Å²) < 4.78 is 0. The molecule has 0 aliphatic heterocycles. The fourth-order valence-electron chi connectivity index (χ4n) is 5.17. The first-order valence-corrected chi connectivity index (χ1v) is 12.5. The first kappa shape index (κ1) is 17.0. The van der Waals surface area contributed by atoms with Gasteiger partial charge in [0.2, 0.25) is 0 Å². The molecule has 1 aromatic carbocycles. The molecule has 0 radical (unpaired) electrons. The van der Waals surface area contributed by atoms with Crippen LogP contribution in [-0.2, 0) is 0 Å². The molecule has 0 saturated heterocycles. The zero-order chi connectivity index (χ0) is 16.8. The summed E-state index contributed by atoms with van der Waals surface area (Å²) in [5.41, 5.74) is 9.82. The van der Waals surface area contributed by atoms with E-state index in [9.17, 15) is 0 Å². The molecule has 0 spiro atoms. The molecule has 1 saturated carbocycles. The van der Waals surface area contributed by atoms with Crippen molar-refractivity contribution in [3.05, 3.63) is 40.0 Å². The lowest BCUT2D eigenvalue weighted by molar-refractivity contribution is 0.412. The molecule has 23 heavy (non-hydrogen) atoms. The molecule has 1 nitrogen and oxygen atoms in total. The fourth-order valence-corrected chi connectivity index (χ4v) is 8.99. The van der Waals surface area contributed by atoms with Gasteiger partial charge in [-0.15, -0.1) is 0 Å². The highest BCUT2D eigenvalue weighted by Crippen LogP contribution is 2.47. The molecule has 1 fully saturated rings. The lowest BCUT2D eigenvalue weighted by Gasteiger charge is -2.38. The summed E-state index contributed by atoms with van der Waals surface area (Å²) in [7, 11) is -1.57. The average Bonchev–Trinajstić information content (AvgIpc) is 2.71. The third kappa shape index (κ3) is 3.08. The van der Waals surface area contributed by atoms with Gasteiger partial charge in [-0.3, -0.25) is 0 Å². The highest BCUT2D eigenvalue weighted by atomic mass is 28.3. The number of aryl methyl sites for hydroxylation is 2. The van der Waals surface area contributed by atoms with E-state index in [4.69, 9.17) is 0 Å². The van der Waals surface area contributed by atoms with Gasteiger partial charge in [-0.25, -0.2) is 0 Å². The molecule has 3 rings (SSSR count). The van der Waals surface area contributed by atoms with E-state index in [1.54, 1.807) is 16.7 Å². The molecule has 1 N–H and O–H groups in total. The molecule has 0 heterocycles. The van der Waals surface area contributed by atoms with E-state index in [2.05, 4.69) is 57.9 Å². The van der Waals surface area contributed by atoms with Crippen molar-refractivity contribution in [3.63, 3.8) is 0 Å². The average molecular weight is 328 g/mol. The van der Waals surface area contributed by atoms with Crippen LogP contribution in [0.25, 0.3) is 5.57 Å². The maximum Gasteiger partial charge on any atom is 0.131 e. The second-order valence-corrected chi connectivity index (χ2v) is 12.8. The molecule has 1 unspecified atom stereocenters. The zero-order valence-electron chi connectivity index (χ0n) is 15.8. The van der Waals surface area contributed by atoms with Crippen LogP contribution in [0.1, 0.15) is 73.7 Å². The Balaban J connectivity index is 1.96. The molecular weight excluding hydrogens is 294 g/mol. The van der Waals surface area contributed by atoms with Crippen LogP contribution in [0.4, 0.5) is 0 Å². The minimum atomic E-state index is -1.57. The van der Waals surface area contributed by atoms with E-state index < -0.39 is 8.24 Å². The van der Waals surface area contributed by atoms with Gasteiger partial charge < -0.3 is 4.98 Å². The normalized spacial score (nSPS) is 22.6. The van der Waals surface area contributed by atoms with Crippen molar-refractivity contribution >= 4 is 13.8 Å². The van der Waals surface area contributed by atoms with Gasteiger partial charge in [0.25, 0.3) is 0 Å². The second-order valence-electron chi connectivity index (χ2n) is 8.49. The smallest absolute Gasteiger partial charge is 0.131 e. The minimum absolute atomic E-state index is 0.637. The van der Waals surface area contributed by atoms with Crippen LogP contribution < -0.4 is 4.98 Å². The predicted molar refractivity (Wildman–Crippen MR) is 104 cm³/mol. The molecule has 2 heteroatoms. The number of allylic oxidation sites excluding steroid dienone is 2. The number of hydrogen-bond acceptors (Lipinski definition) is 1. The predicted octanol–water partition coefficient (Wildman–Crippen LogP) is 5.86. The Hall–Kier alpha value is -0.863. The molecule has 0 aromatic heterocycles. The van der Waals surface area contributed by atoms with Crippen LogP contribution >= 0.6 is 0 Å². The van der Waals surface area contributed by atoms with Gasteiger partial charge in [0.05, 0.1) is 0 Å². The summed E-state index contributed by atoms with van der Waals surface area (Å²) in [6.45, 7) is 14.4. The van der Waals surface area contributed by atoms with E-state index >= 15 is 0 Å². The Morgan fingerprint density at radius 1 is 0.957 bits per heavy atom. The monoisotopic (exact) mass is 327 g/mol. The maximum absolute atomic E-state index is 4.17. The standard InChI is InChI=1S/C21H33NSi/c1-14-12-15(2)20-16(3)17(4)21(19(20)13-14)23(5,6)22-18-10-8-7-9-11-18/h12-13,18,21-22H,7-11H2,1-6H3. The van der Waals surface area contributed by atoms with Crippen LogP contribution in [0.5, 0.6) is 0 Å². The van der Waals surface area contributed by atoms with Crippen LogP contribution in [0, 0.1) is 13.8 Å². The summed E-state index contributed by atoms with van der Waals surface area (Å²) >= 11 is 0. The highest BCUT2D eigenvalue weighted by Gasteiger charge is 2.41. The second kappa shape index (κ2) is 6.21. The lowest BCUT2D eigenvalue weighted by Crippen LogP contribution is -2.55. The third-order valence-electron chi connectivity index (χ3n) is 6.12. The number of benzene rings is 1. The molecule has 2 aliphatic rings.